The zero-order valence-electron chi connectivity index (χ0n) is 13.1. The van der Waals surface area contributed by atoms with Crippen LogP contribution in [-0.2, 0) is 4.74 Å². The number of hydrogen-bond donors (Lipinski definition) is 1. The Morgan fingerprint density at radius 2 is 2.33 bits per heavy atom. The molecule has 1 fully saturated rings. The maximum Gasteiger partial charge on any atom is 0.0674 e. The molecule has 0 radical (unpaired) electrons. The molecule has 0 aliphatic carbocycles. The SMILES string of the molecule is CCCNC(CCN1CCOC(C)C1)c1cccc(Cl)c1. The molecule has 4 heteroatoms. The first-order chi connectivity index (χ1) is 10.2. The highest BCUT2D eigenvalue weighted by atomic mass is 35.5. The molecule has 0 spiro atoms. The molecule has 0 bridgehead atoms. The van der Waals surface area contributed by atoms with Crippen molar-refractivity contribution in [3.05, 3.63) is 34.9 Å². The van der Waals surface area contributed by atoms with E-state index in [2.05, 4.69) is 36.2 Å². The van der Waals surface area contributed by atoms with E-state index in [0.717, 1.165) is 50.7 Å². The molecule has 1 aromatic carbocycles. The first kappa shape index (κ1) is 16.8. The van der Waals surface area contributed by atoms with Gasteiger partial charge >= 0.3 is 0 Å². The van der Waals surface area contributed by atoms with Crippen molar-refractivity contribution in [2.45, 2.75) is 38.8 Å². The van der Waals surface area contributed by atoms with Crippen LogP contribution in [0.2, 0.25) is 5.02 Å². The first-order valence-electron chi connectivity index (χ1n) is 8.02. The Hall–Kier alpha value is -0.610. The molecule has 118 valence electrons. The van der Waals surface area contributed by atoms with Crippen LogP contribution in [0.5, 0.6) is 0 Å². The van der Waals surface area contributed by atoms with E-state index in [1.54, 1.807) is 0 Å². The van der Waals surface area contributed by atoms with E-state index >= 15 is 0 Å². The van der Waals surface area contributed by atoms with Crippen molar-refractivity contribution in [3.63, 3.8) is 0 Å². The Kier molecular flexibility index (Phi) is 6.97. The third-order valence-corrected chi connectivity index (χ3v) is 4.19. The van der Waals surface area contributed by atoms with Gasteiger partial charge in [0.1, 0.15) is 0 Å². The monoisotopic (exact) mass is 310 g/mol. The molecule has 0 amide bonds. The van der Waals surface area contributed by atoms with E-state index in [4.69, 9.17) is 16.3 Å². The van der Waals surface area contributed by atoms with Gasteiger partial charge in [0.25, 0.3) is 0 Å². The Labute approximate surface area is 133 Å². The van der Waals surface area contributed by atoms with Crippen LogP contribution in [0, 0.1) is 0 Å². The summed E-state index contributed by atoms with van der Waals surface area (Å²) in [6, 6.07) is 8.60. The Balaban J connectivity index is 1.92. The quantitative estimate of drug-likeness (QED) is 0.834. The van der Waals surface area contributed by atoms with Crippen LogP contribution in [0.3, 0.4) is 0 Å². The number of ether oxygens (including phenoxy) is 1. The smallest absolute Gasteiger partial charge is 0.0674 e. The summed E-state index contributed by atoms with van der Waals surface area (Å²) in [5.74, 6) is 0. The molecule has 21 heavy (non-hydrogen) atoms. The molecule has 1 aliphatic rings. The highest BCUT2D eigenvalue weighted by Crippen LogP contribution is 2.21. The fourth-order valence-corrected chi connectivity index (χ4v) is 3.03. The van der Waals surface area contributed by atoms with E-state index in [1.165, 1.54) is 5.56 Å². The molecule has 1 saturated heterocycles. The predicted molar refractivity (Wildman–Crippen MR) is 89.0 cm³/mol. The summed E-state index contributed by atoms with van der Waals surface area (Å²) >= 11 is 6.14. The first-order valence-corrected chi connectivity index (χ1v) is 8.39. The standard InChI is InChI=1S/C17H27ClN2O/c1-3-8-19-17(15-5-4-6-16(18)12-15)7-9-20-10-11-21-14(2)13-20/h4-6,12,14,17,19H,3,7-11,13H2,1-2H3. The van der Waals surface area contributed by atoms with Crippen LogP contribution in [-0.4, -0.2) is 43.8 Å². The van der Waals surface area contributed by atoms with E-state index < -0.39 is 0 Å². The molecule has 1 aliphatic heterocycles. The number of nitrogens with one attached hydrogen (secondary N) is 1. The van der Waals surface area contributed by atoms with Crippen molar-refractivity contribution in [2.75, 3.05) is 32.8 Å². The second kappa shape index (κ2) is 8.74. The highest BCUT2D eigenvalue weighted by Gasteiger charge is 2.18. The van der Waals surface area contributed by atoms with Crippen molar-refractivity contribution in [1.29, 1.82) is 0 Å². The third-order valence-electron chi connectivity index (χ3n) is 3.95. The van der Waals surface area contributed by atoms with Crippen LogP contribution in [0.4, 0.5) is 0 Å². The van der Waals surface area contributed by atoms with Crippen LogP contribution in [0.15, 0.2) is 24.3 Å². The number of benzene rings is 1. The van der Waals surface area contributed by atoms with Gasteiger partial charge in [0.15, 0.2) is 0 Å². The second-order valence-corrected chi connectivity index (χ2v) is 6.27. The predicted octanol–water partition coefficient (Wildman–Crippen LogP) is 3.49. The molecule has 1 heterocycles. The van der Waals surface area contributed by atoms with Gasteiger partial charge in [0.05, 0.1) is 12.7 Å². The van der Waals surface area contributed by atoms with Crippen LogP contribution < -0.4 is 5.32 Å². The summed E-state index contributed by atoms with van der Waals surface area (Å²) in [7, 11) is 0. The Morgan fingerprint density at radius 3 is 3.05 bits per heavy atom. The minimum absolute atomic E-state index is 0.354. The van der Waals surface area contributed by atoms with E-state index in [-0.39, 0.29) is 0 Å². The van der Waals surface area contributed by atoms with E-state index in [0.29, 0.717) is 12.1 Å². The number of hydrogen-bond acceptors (Lipinski definition) is 3. The van der Waals surface area contributed by atoms with Gasteiger partial charge in [-0.15, -0.1) is 0 Å². The summed E-state index contributed by atoms with van der Waals surface area (Å²) in [6.07, 6.45) is 2.60. The maximum atomic E-state index is 6.14. The summed E-state index contributed by atoms with van der Waals surface area (Å²) in [6.45, 7) is 9.42. The molecule has 2 rings (SSSR count). The van der Waals surface area contributed by atoms with Crippen LogP contribution in [0.25, 0.3) is 0 Å². The molecule has 0 aromatic heterocycles. The third kappa shape index (κ3) is 5.59. The van der Waals surface area contributed by atoms with Crippen LogP contribution in [0.1, 0.15) is 38.3 Å². The van der Waals surface area contributed by atoms with Crippen molar-refractivity contribution in [3.8, 4) is 0 Å². The minimum atomic E-state index is 0.354. The van der Waals surface area contributed by atoms with Gasteiger partial charge in [-0.1, -0.05) is 30.7 Å². The molecular formula is C17H27ClN2O. The van der Waals surface area contributed by atoms with E-state index in [9.17, 15) is 0 Å². The lowest BCUT2D eigenvalue weighted by atomic mass is 10.0. The molecule has 1 aromatic rings. The second-order valence-electron chi connectivity index (χ2n) is 5.83. The summed E-state index contributed by atoms with van der Waals surface area (Å²) in [4.78, 5) is 2.50. The Morgan fingerprint density at radius 1 is 1.48 bits per heavy atom. The van der Waals surface area contributed by atoms with Crippen LogP contribution >= 0.6 is 11.6 Å². The van der Waals surface area contributed by atoms with Crippen molar-refractivity contribution in [2.24, 2.45) is 0 Å². The van der Waals surface area contributed by atoms with Gasteiger partial charge in [-0.2, -0.15) is 0 Å². The van der Waals surface area contributed by atoms with Crippen molar-refractivity contribution < 1.29 is 4.74 Å². The van der Waals surface area contributed by atoms with Gasteiger partial charge in [0, 0.05) is 30.7 Å². The Bertz CT molecular complexity index is 427. The average molecular weight is 311 g/mol. The van der Waals surface area contributed by atoms with Gasteiger partial charge in [0.2, 0.25) is 0 Å². The lowest BCUT2D eigenvalue weighted by molar-refractivity contribution is -0.0192. The van der Waals surface area contributed by atoms with Gasteiger partial charge < -0.3 is 10.1 Å². The topological polar surface area (TPSA) is 24.5 Å². The summed E-state index contributed by atoms with van der Waals surface area (Å²) < 4.78 is 5.61. The van der Waals surface area contributed by atoms with Gasteiger partial charge in [-0.05, 0) is 44.0 Å². The normalized spacial score (nSPS) is 21.4. The molecule has 3 nitrogen and oxygen atoms in total. The summed E-state index contributed by atoms with van der Waals surface area (Å²) in [5.41, 5.74) is 1.29. The van der Waals surface area contributed by atoms with E-state index in [1.807, 2.05) is 12.1 Å². The zero-order valence-corrected chi connectivity index (χ0v) is 13.9. The summed E-state index contributed by atoms with van der Waals surface area (Å²) in [5, 5.41) is 4.46. The fraction of sp³-hybridized carbons (Fsp3) is 0.647. The molecule has 1 N–H and O–H groups in total. The number of halogens is 1. The molecule has 2 atom stereocenters. The average Bonchev–Trinajstić information content (AvgIpc) is 2.47. The highest BCUT2D eigenvalue weighted by molar-refractivity contribution is 6.30. The largest absolute Gasteiger partial charge is 0.376 e. The fourth-order valence-electron chi connectivity index (χ4n) is 2.83. The van der Waals surface area contributed by atoms with Gasteiger partial charge in [-0.25, -0.2) is 0 Å². The molecule has 2 unspecified atom stereocenters. The molecule has 0 saturated carbocycles. The number of rotatable bonds is 7. The number of morpholine rings is 1. The van der Waals surface area contributed by atoms with Crippen molar-refractivity contribution >= 4 is 11.6 Å². The number of nitrogens with zero attached hydrogens (tertiary/aromatic N) is 1. The lowest BCUT2D eigenvalue weighted by Gasteiger charge is -2.32. The molecular weight excluding hydrogens is 284 g/mol. The van der Waals surface area contributed by atoms with Gasteiger partial charge in [-0.3, -0.25) is 4.90 Å². The minimum Gasteiger partial charge on any atom is -0.376 e. The lowest BCUT2D eigenvalue weighted by Crippen LogP contribution is -2.42. The zero-order chi connectivity index (χ0) is 15.1. The van der Waals surface area contributed by atoms with Crippen molar-refractivity contribution in [1.82, 2.24) is 10.2 Å². The maximum absolute atomic E-state index is 6.14.